The number of ether oxygens (including phenoxy) is 1. The van der Waals surface area contributed by atoms with Crippen molar-refractivity contribution in [3.8, 4) is 5.75 Å². The quantitative estimate of drug-likeness (QED) is 0.623. The van der Waals surface area contributed by atoms with Crippen LogP contribution >= 0.6 is 15.9 Å². The Morgan fingerprint density at radius 3 is 2.76 bits per heavy atom. The highest BCUT2D eigenvalue weighted by Crippen LogP contribution is 2.19. The molecule has 3 N–H and O–H groups in total. The van der Waals surface area contributed by atoms with Crippen LogP contribution in [-0.4, -0.2) is 19.1 Å². The van der Waals surface area contributed by atoms with Crippen LogP contribution in [0.3, 0.4) is 0 Å². The molecule has 0 saturated heterocycles. The van der Waals surface area contributed by atoms with Gasteiger partial charge in [0.2, 0.25) is 5.91 Å². The fraction of sp³-hybridized carbons (Fsp3) is 0.188. The molecular weight excluding hydrogens is 332 g/mol. The van der Waals surface area contributed by atoms with Gasteiger partial charge >= 0.3 is 0 Å². The van der Waals surface area contributed by atoms with E-state index in [0.29, 0.717) is 31.0 Å². The Balaban J connectivity index is 1.71. The second-order valence-corrected chi connectivity index (χ2v) is 5.46. The van der Waals surface area contributed by atoms with Gasteiger partial charge in [-0.15, -0.1) is 0 Å². The summed E-state index contributed by atoms with van der Waals surface area (Å²) in [5, 5.41) is 2.82. The Hall–Kier alpha value is -2.01. The molecule has 0 unspecified atom stereocenters. The number of para-hydroxylation sites is 2. The summed E-state index contributed by atoms with van der Waals surface area (Å²) in [4.78, 5) is 11.8. The molecule has 2 rings (SSSR count). The third kappa shape index (κ3) is 5.11. The van der Waals surface area contributed by atoms with E-state index in [2.05, 4.69) is 21.2 Å². The van der Waals surface area contributed by atoms with Gasteiger partial charge in [-0.3, -0.25) is 4.79 Å². The van der Waals surface area contributed by atoms with E-state index in [4.69, 9.17) is 10.5 Å². The molecule has 0 spiro atoms. The maximum atomic E-state index is 11.8. The first-order valence-corrected chi connectivity index (χ1v) is 7.43. The molecule has 0 aliphatic rings. The molecular formula is C16H17BrN2O2. The summed E-state index contributed by atoms with van der Waals surface area (Å²) in [6, 6.07) is 15.0. The predicted molar refractivity (Wildman–Crippen MR) is 87.2 cm³/mol. The molecule has 0 aromatic heterocycles. The van der Waals surface area contributed by atoms with Crippen molar-refractivity contribution in [3.63, 3.8) is 0 Å². The maximum absolute atomic E-state index is 11.8. The second-order valence-electron chi connectivity index (χ2n) is 4.54. The SMILES string of the molecule is Nc1ccccc1OCCNC(=O)Cc1cccc(Br)c1. The summed E-state index contributed by atoms with van der Waals surface area (Å²) in [7, 11) is 0. The number of hydrogen-bond donors (Lipinski definition) is 2. The van der Waals surface area contributed by atoms with Crippen LogP contribution in [0.1, 0.15) is 5.56 Å². The van der Waals surface area contributed by atoms with Crippen LogP contribution in [0.15, 0.2) is 53.0 Å². The van der Waals surface area contributed by atoms with E-state index >= 15 is 0 Å². The van der Waals surface area contributed by atoms with Crippen LogP contribution in [0.5, 0.6) is 5.75 Å². The standard InChI is InChI=1S/C16H17BrN2O2/c17-13-5-3-4-12(10-13)11-16(20)19-8-9-21-15-7-2-1-6-14(15)18/h1-7,10H,8-9,11,18H2,(H,19,20). The summed E-state index contributed by atoms with van der Waals surface area (Å²) in [6.45, 7) is 0.833. The van der Waals surface area contributed by atoms with Gasteiger partial charge in [-0.05, 0) is 29.8 Å². The number of halogens is 1. The van der Waals surface area contributed by atoms with Crippen molar-refractivity contribution >= 4 is 27.5 Å². The first-order valence-electron chi connectivity index (χ1n) is 6.63. The molecule has 2 aromatic rings. The number of amides is 1. The lowest BCUT2D eigenvalue weighted by molar-refractivity contribution is -0.120. The summed E-state index contributed by atoms with van der Waals surface area (Å²) in [6.07, 6.45) is 0.354. The largest absolute Gasteiger partial charge is 0.490 e. The zero-order valence-electron chi connectivity index (χ0n) is 11.5. The minimum atomic E-state index is -0.0299. The van der Waals surface area contributed by atoms with Crippen LogP contribution in [0, 0.1) is 0 Å². The first kappa shape index (κ1) is 15.4. The molecule has 0 aliphatic carbocycles. The smallest absolute Gasteiger partial charge is 0.224 e. The van der Waals surface area contributed by atoms with Crippen molar-refractivity contribution in [1.82, 2.24) is 5.32 Å². The average Bonchev–Trinajstić information content (AvgIpc) is 2.45. The number of nitrogen functional groups attached to an aromatic ring is 1. The molecule has 5 heteroatoms. The number of anilines is 1. The summed E-state index contributed by atoms with van der Waals surface area (Å²) in [5.41, 5.74) is 7.33. The fourth-order valence-corrected chi connectivity index (χ4v) is 2.30. The molecule has 1 amide bonds. The molecule has 21 heavy (non-hydrogen) atoms. The number of nitrogens with one attached hydrogen (secondary N) is 1. The third-order valence-electron chi connectivity index (χ3n) is 2.85. The van der Waals surface area contributed by atoms with Gasteiger partial charge in [0, 0.05) is 4.47 Å². The lowest BCUT2D eigenvalue weighted by atomic mass is 10.1. The Labute approximate surface area is 132 Å². The van der Waals surface area contributed by atoms with Gasteiger partial charge in [-0.25, -0.2) is 0 Å². The fourth-order valence-electron chi connectivity index (χ4n) is 1.86. The molecule has 110 valence electrons. The minimum Gasteiger partial charge on any atom is -0.490 e. The van der Waals surface area contributed by atoms with E-state index in [1.54, 1.807) is 12.1 Å². The van der Waals surface area contributed by atoms with E-state index in [0.717, 1.165) is 10.0 Å². The maximum Gasteiger partial charge on any atom is 0.224 e. The highest BCUT2D eigenvalue weighted by Gasteiger charge is 2.04. The van der Waals surface area contributed by atoms with Gasteiger partial charge in [0.1, 0.15) is 12.4 Å². The van der Waals surface area contributed by atoms with Gasteiger partial charge in [-0.2, -0.15) is 0 Å². The van der Waals surface area contributed by atoms with Crippen molar-refractivity contribution in [2.75, 3.05) is 18.9 Å². The van der Waals surface area contributed by atoms with Crippen LogP contribution < -0.4 is 15.8 Å². The highest BCUT2D eigenvalue weighted by atomic mass is 79.9. The number of benzene rings is 2. The zero-order valence-corrected chi connectivity index (χ0v) is 13.1. The number of rotatable bonds is 6. The first-order chi connectivity index (χ1) is 10.1. The molecule has 4 nitrogen and oxygen atoms in total. The summed E-state index contributed by atoms with van der Waals surface area (Å²) < 4.78 is 6.48. The zero-order chi connectivity index (χ0) is 15.1. The Kier molecular flexibility index (Phi) is 5.63. The second kappa shape index (κ2) is 7.69. The Morgan fingerprint density at radius 1 is 1.19 bits per heavy atom. The third-order valence-corrected chi connectivity index (χ3v) is 3.35. The van der Waals surface area contributed by atoms with E-state index < -0.39 is 0 Å². The summed E-state index contributed by atoms with van der Waals surface area (Å²) >= 11 is 3.38. The average molecular weight is 349 g/mol. The van der Waals surface area contributed by atoms with Crippen molar-refractivity contribution in [2.45, 2.75) is 6.42 Å². The van der Waals surface area contributed by atoms with Gasteiger partial charge in [0.05, 0.1) is 18.7 Å². The highest BCUT2D eigenvalue weighted by molar-refractivity contribution is 9.10. The van der Waals surface area contributed by atoms with Crippen molar-refractivity contribution < 1.29 is 9.53 Å². The molecule has 0 aliphatic heterocycles. The molecule has 0 fully saturated rings. The number of hydrogen-bond acceptors (Lipinski definition) is 3. The molecule has 0 radical (unpaired) electrons. The van der Waals surface area contributed by atoms with Crippen molar-refractivity contribution in [3.05, 3.63) is 58.6 Å². The molecule has 0 atom stereocenters. The monoisotopic (exact) mass is 348 g/mol. The van der Waals surface area contributed by atoms with E-state index in [-0.39, 0.29) is 5.91 Å². The predicted octanol–water partition coefficient (Wildman–Crippen LogP) is 2.77. The van der Waals surface area contributed by atoms with E-state index in [1.165, 1.54) is 0 Å². The number of carbonyl (C=O) groups is 1. The van der Waals surface area contributed by atoms with Crippen LogP contribution in [0.25, 0.3) is 0 Å². The van der Waals surface area contributed by atoms with Crippen molar-refractivity contribution in [2.24, 2.45) is 0 Å². The van der Waals surface area contributed by atoms with E-state index in [9.17, 15) is 4.79 Å². The van der Waals surface area contributed by atoms with Crippen molar-refractivity contribution in [1.29, 1.82) is 0 Å². The molecule has 2 aromatic carbocycles. The van der Waals surface area contributed by atoms with Gasteiger partial charge < -0.3 is 15.8 Å². The molecule has 0 bridgehead atoms. The minimum absolute atomic E-state index is 0.0299. The van der Waals surface area contributed by atoms with Gasteiger partial charge in [-0.1, -0.05) is 40.2 Å². The van der Waals surface area contributed by atoms with E-state index in [1.807, 2.05) is 36.4 Å². The van der Waals surface area contributed by atoms with Gasteiger partial charge in [0.25, 0.3) is 0 Å². The topological polar surface area (TPSA) is 64.3 Å². The van der Waals surface area contributed by atoms with Crippen LogP contribution in [0.4, 0.5) is 5.69 Å². The normalized spacial score (nSPS) is 10.1. The Bertz CT molecular complexity index is 617. The number of carbonyl (C=O) groups excluding carboxylic acids is 1. The van der Waals surface area contributed by atoms with Crippen LogP contribution in [0.2, 0.25) is 0 Å². The van der Waals surface area contributed by atoms with Gasteiger partial charge in [0.15, 0.2) is 0 Å². The summed E-state index contributed by atoms with van der Waals surface area (Å²) in [5.74, 6) is 0.608. The molecule has 0 saturated carbocycles. The Morgan fingerprint density at radius 2 is 2.00 bits per heavy atom. The molecule has 0 heterocycles. The van der Waals surface area contributed by atoms with Crippen LogP contribution in [-0.2, 0) is 11.2 Å². The lowest BCUT2D eigenvalue weighted by Gasteiger charge is -2.09. The number of nitrogens with two attached hydrogens (primary N) is 1. The lowest BCUT2D eigenvalue weighted by Crippen LogP contribution is -2.29.